The van der Waals surface area contributed by atoms with Crippen LogP contribution in [-0.2, 0) is 4.79 Å². The Morgan fingerprint density at radius 1 is 0.962 bits per heavy atom. The molecule has 26 heavy (non-hydrogen) atoms. The summed E-state index contributed by atoms with van der Waals surface area (Å²) in [5.74, 6) is 1.15. The number of carbonyl (C=O) groups excluding carboxylic acids is 2. The van der Waals surface area contributed by atoms with Gasteiger partial charge in [0.2, 0.25) is 5.91 Å². The SMILES string of the molecule is COc1cc(C)ccc1OCCNC(=O)Nc1ccc(NC(C)=O)cc1. The maximum atomic E-state index is 11.9. The molecule has 0 aliphatic carbocycles. The van der Waals surface area contributed by atoms with Gasteiger partial charge in [-0.1, -0.05) is 6.07 Å². The topological polar surface area (TPSA) is 88.7 Å². The Morgan fingerprint density at radius 2 is 1.62 bits per heavy atom. The number of urea groups is 1. The van der Waals surface area contributed by atoms with Crippen LogP contribution in [-0.4, -0.2) is 32.2 Å². The molecule has 0 spiro atoms. The van der Waals surface area contributed by atoms with E-state index in [0.29, 0.717) is 36.0 Å². The first kappa shape index (κ1) is 19.1. The Morgan fingerprint density at radius 3 is 2.23 bits per heavy atom. The summed E-state index contributed by atoms with van der Waals surface area (Å²) >= 11 is 0. The average molecular weight is 357 g/mol. The summed E-state index contributed by atoms with van der Waals surface area (Å²) in [5.41, 5.74) is 2.37. The summed E-state index contributed by atoms with van der Waals surface area (Å²) in [6.45, 7) is 4.07. The van der Waals surface area contributed by atoms with Gasteiger partial charge in [-0.15, -0.1) is 0 Å². The Labute approximate surface area is 152 Å². The molecule has 3 N–H and O–H groups in total. The number of aryl methyl sites for hydroxylation is 1. The van der Waals surface area contributed by atoms with E-state index in [0.717, 1.165) is 5.56 Å². The zero-order chi connectivity index (χ0) is 18.9. The van der Waals surface area contributed by atoms with E-state index in [1.165, 1.54) is 6.92 Å². The number of hydrogen-bond donors (Lipinski definition) is 3. The standard InChI is InChI=1S/C19H23N3O4/c1-13-4-9-17(18(12-13)25-3)26-11-10-20-19(24)22-16-7-5-15(6-8-16)21-14(2)23/h4-9,12H,10-11H2,1-3H3,(H,21,23)(H2,20,22,24). The lowest BCUT2D eigenvalue weighted by molar-refractivity contribution is -0.114. The molecule has 2 aromatic rings. The van der Waals surface area contributed by atoms with Crippen molar-refractivity contribution >= 4 is 23.3 Å². The van der Waals surface area contributed by atoms with Gasteiger partial charge in [-0.2, -0.15) is 0 Å². The molecule has 0 saturated carbocycles. The molecule has 0 saturated heterocycles. The largest absolute Gasteiger partial charge is 0.493 e. The number of nitrogens with one attached hydrogen (secondary N) is 3. The van der Waals surface area contributed by atoms with E-state index in [-0.39, 0.29) is 11.9 Å². The van der Waals surface area contributed by atoms with E-state index < -0.39 is 0 Å². The summed E-state index contributed by atoms with van der Waals surface area (Å²) in [6, 6.07) is 12.2. The summed E-state index contributed by atoms with van der Waals surface area (Å²) in [6.07, 6.45) is 0. The van der Waals surface area contributed by atoms with Crippen LogP contribution in [0.3, 0.4) is 0 Å². The van der Waals surface area contributed by atoms with Crippen molar-refractivity contribution in [3.63, 3.8) is 0 Å². The highest BCUT2D eigenvalue weighted by Gasteiger charge is 2.05. The zero-order valence-corrected chi connectivity index (χ0v) is 15.1. The quantitative estimate of drug-likeness (QED) is 0.664. The molecule has 0 aromatic heterocycles. The number of carbonyl (C=O) groups is 2. The monoisotopic (exact) mass is 357 g/mol. The molecule has 0 heterocycles. The molecule has 0 bridgehead atoms. The van der Waals surface area contributed by atoms with Crippen LogP contribution in [0.4, 0.5) is 16.2 Å². The van der Waals surface area contributed by atoms with E-state index in [2.05, 4.69) is 16.0 Å². The molecule has 138 valence electrons. The van der Waals surface area contributed by atoms with Gasteiger partial charge in [0.25, 0.3) is 0 Å². The predicted molar refractivity (Wildman–Crippen MR) is 101 cm³/mol. The van der Waals surface area contributed by atoms with Crippen molar-refractivity contribution in [2.45, 2.75) is 13.8 Å². The van der Waals surface area contributed by atoms with Gasteiger partial charge in [-0.25, -0.2) is 4.79 Å². The summed E-state index contributed by atoms with van der Waals surface area (Å²) < 4.78 is 10.9. The normalized spacial score (nSPS) is 9.96. The number of anilines is 2. The third kappa shape index (κ3) is 6.01. The van der Waals surface area contributed by atoms with E-state index >= 15 is 0 Å². The zero-order valence-electron chi connectivity index (χ0n) is 15.1. The van der Waals surface area contributed by atoms with Crippen LogP contribution in [0, 0.1) is 6.92 Å². The Bertz CT molecular complexity index is 760. The minimum Gasteiger partial charge on any atom is -0.493 e. The van der Waals surface area contributed by atoms with Crippen molar-refractivity contribution in [3.05, 3.63) is 48.0 Å². The van der Waals surface area contributed by atoms with Crippen molar-refractivity contribution in [3.8, 4) is 11.5 Å². The molecule has 0 radical (unpaired) electrons. The summed E-state index contributed by atoms with van der Waals surface area (Å²) in [4.78, 5) is 22.9. The fourth-order valence-electron chi connectivity index (χ4n) is 2.24. The third-order valence-electron chi connectivity index (χ3n) is 3.43. The number of hydrogen-bond acceptors (Lipinski definition) is 4. The number of methoxy groups -OCH3 is 1. The van der Waals surface area contributed by atoms with Crippen LogP contribution in [0.25, 0.3) is 0 Å². The highest BCUT2D eigenvalue weighted by Crippen LogP contribution is 2.27. The molecular formula is C19H23N3O4. The Hall–Kier alpha value is -3.22. The molecular weight excluding hydrogens is 334 g/mol. The third-order valence-corrected chi connectivity index (χ3v) is 3.43. The number of ether oxygens (including phenoxy) is 2. The van der Waals surface area contributed by atoms with Crippen LogP contribution in [0.15, 0.2) is 42.5 Å². The highest BCUT2D eigenvalue weighted by molar-refractivity contribution is 5.91. The van der Waals surface area contributed by atoms with Crippen molar-refractivity contribution in [1.82, 2.24) is 5.32 Å². The van der Waals surface area contributed by atoms with E-state index in [1.54, 1.807) is 31.4 Å². The van der Waals surface area contributed by atoms with Crippen molar-refractivity contribution in [2.24, 2.45) is 0 Å². The minimum absolute atomic E-state index is 0.145. The fourth-order valence-corrected chi connectivity index (χ4v) is 2.24. The molecule has 0 fully saturated rings. The van der Waals surface area contributed by atoms with Crippen molar-refractivity contribution < 1.29 is 19.1 Å². The van der Waals surface area contributed by atoms with Crippen LogP contribution >= 0.6 is 0 Å². The Kier molecular flexibility index (Phi) is 6.84. The maximum Gasteiger partial charge on any atom is 0.319 e. The van der Waals surface area contributed by atoms with Gasteiger partial charge in [0.05, 0.1) is 13.7 Å². The lowest BCUT2D eigenvalue weighted by Gasteiger charge is -2.12. The first-order chi connectivity index (χ1) is 12.5. The molecule has 0 aliphatic heterocycles. The van der Waals surface area contributed by atoms with Gasteiger partial charge < -0.3 is 25.4 Å². The van der Waals surface area contributed by atoms with Gasteiger partial charge in [0, 0.05) is 18.3 Å². The highest BCUT2D eigenvalue weighted by atomic mass is 16.5. The second kappa shape index (κ2) is 9.31. The lowest BCUT2D eigenvalue weighted by atomic mass is 10.2. The second-order valence-corrected chi connectivity index (χ2v) is 5.64. The van der Waals surface area contributed by atoms with E-state index in [9.17, 15) is 9.59 Å². The average Bonchev–Trinajstić information content (AvgIpc) is 2.61. The first-order valence-corrected chi connectivity index (χ1v) is 8.18. The first-order valence-electron chi connectivity index (χ1n) is 8.18. The number of rotatable bonds is 7. The predicted octanol–water partition coefficient (Wildman–Crippen LogP) is 3.16. The molecule has 2 aromatic carbocycles. The lowest BCUT2D eigenvalue weighted by Crippen LogP contribution is -2.32. The van der Waals surface area contributed by atoms with Gasteiger partial charge >= 0.3 is 6.03 Å². The minimum atomic E-state index is -0.336. The molecule has 3 amide bonds. The van der Waals surface area contributed by atoms with E-state index in [1.807, 2.05) is 25.1 Å². The van der Waals surface area contributed by atoms with Crippen LogP contribution in [0.2, 0.25) is 0 Å². The van der Waals surface area contributed by atoms with Crippen molar-refractivity contribution in [2.75, 3.05) is 30.9 Å². The van der Waals surface area contributed by atoms with Gasteiger partial charge in [0.1, 0.15) is 6.61 Å². The maximum absolute atomic E-state index is 11.9. The molecule has 0 unspecified atom stereocenters. The molecule has 7 nitrogen and oxygen atoms in total. The molecule has 0 atom stereocenters. The van der Waals surface area contributed by atoms with E-state index in [4.69, 9.17) is 9.47 Å². The number of amides is 3. The van der Waals surface area contributed by atoms with Gasteiger partial charge in [0.15, 0.2) is 11.5 Å². The Balaban J connectivity index is 1.74. The molecule has 0 aliphatic rings. The number of benzene rings is 2. The van der Waals surface area contributed by atoms with Crippen LogP contribution in [0.5, 0.6) is 11.5 Å². The smallest absolute Gasteiger partial charge is 0.319 e. The van der Waals surface area contributed by atoms with Crippen molar-refractivity contribution in [1.29, 1.82) is 0 Å². The molecule has 2 rings (SSSR count). The fraction of sp³-hybridized carbons (Fsp3) is 0.263. The summed E-state index contributed by atoms with van der Waals surface area (Å²) in [5, 5.41) is 8.08. The van der Waals surface area contributed by atoms with Gasteiger partial charge in [-0.05, 0) is 48.9 Å². The van der Waals surface area contributed by atoms with Crippen LogP contribution < -0.4 is 25.4 Å². The second-order valence-electron chi connectivity index (χ2n) is 5.64. The molecule has 7 heteroatoms. The van der Waals surface area contributed by atoms with Crippen LogP contribution in [0.1, 0.15) is 12.5 Å². The van der Waals surface area contributed by atoms with Gasteiger partial charge in [-0.3, -0.25) is 4.79 Å². The summed E-state index contributed by atoms with van der Waals surface area (Å²) in [7, 11) is 1.59.